The van der Waals surface area contributed by atoms with Gasteiger partial charge in [-0.3, -0.25) is 0 Å². The number of nitrogens with two attached hydrogens (primary N) is 1. The summed E-state index contributed by atoms with van der Waals surface area (Å²) < 4.78 is 4.82. The largest absolute Gasteiger partial charge is 0.467 e. The Morgan fingerprint density at radius 1 is 1.41 bits per heavy atom. The number of hydrogen-bond acceptors (Lipinski definition) is 4. The Balaban J connectivity index is 3.06. The maximum Gasteiger partial charge on any atom is 0.331 e. The van der Waals surface area contributed by atoms with Crippen LogP contribution in [-0.2, 0) is 15.1 Å². The molecule has 0 aliphatic rings. The van der Waals surface area contributed by atoms with Crippen LogP contribution in [0.4, 0.5) is 0 Å². The first-order valence-corrected chi connectivity index (χ1v) is 5.66. The van der Waals surface area contributed by atoms with Gasteiger partial charge in [-0.1, -0.05) is 37.3 Å². The molecule has 0 saturated carbocycles. The molecule has 0 amide bonds. The quantitative estimate of drug-likeness (QED) is 0.774. The van der Waals surface area contributed by atoms with Gasteiger partial charge in [-0.25, -0.2) is 4.79 Å². The number of likely N-dealkylation sites (N-methyl/N-ethyl adjacent to an activating group) is 1. The summed E-state index contributed by atoms with van der Waals surface area (Å²) in [6.45, 7) is 3.27. The van der Waals surface area contributed by atoms with Gasteiger partial charge in [0.1, 0.15) is 0 Å². The van der Waals surface area contributed by atoms with Gasteiger partial charge in [0.2, 0.25) is 0 Å². The van der Waals surface area contributed by atoms with Gasteiger partial charge in [0.25, 0.3) is 0 Å². The summed E-state index contributed by atoms with van der Waals surface area (Å²) in [4.78, 5) is 13.9. The van der Waals surface area contributed by atoms with E-state index in [9.17, 15) is 4.79 Å². The second-order valence-corrected chi connectivity index (χ2v) is 4.16. The Labute approximate surface area is 102 Å². The molecule has 1 atom stereocenters. The van der Waals surface area contributed by atoms with Crippen LogP contribution in [0.3, 0.4) is 0 Å². The van der Waals surface area contributed by atoms with Crippen LogP contribution in [0.15, 0.2) is 30.3 Å². The Morgan fingerprint density at radius 2 is 2.00 bits per heavy atom. The SMILES string of the molecule is CCN(C)CC(N)(C(=O)OC)c1ccccc1. The van der Waals surface area contributed by atoms with Crippen molar-refractivity contribution in [3.8, 4) is 0 Å². The molecule has 1 rings (SSSR count). The van der Waals surface area contributed by atoms with Gasteiger partial charge < -0.3 is 15.4 Å². The molecule has 1 aromatic carbocycles. The van der Waals surface area contributed by atoms with Crippen molar-refractivity contribution in [3.63, 3.8) is 0 Å². The first kappa shape index (κ1) is 13.7. The van der Waals surface area contributed by atoms with Crippen LogP contribution < -0.4 is 5.73 Å². The molecule has 0 aliphatic heterocycles. The van der Waals surface area contributed by atoms with E-state index in [4.69, 9.17) is 10.5 Å². The molecular formula is C13H20N2O2. The predicted octanol–water partition coefficient (Wildman–Crippen LogP) is 0.965. The zero-order valence-corrected chi connectivity index (χ0v) is 10.6. The maximum atomic E-state index is 11.9. The number of rotatable bonds is 5. The Kier molecular flexibility index (Phi) is 4.66. The number of esters is 1. The topological polar surface area (TPSA) is 55.6 Å². The number of benzene rings is 1. The van der Waals surface area contributed by atoms with E-state index in [2.05, 4.69) is 0 Å². The van der Waals surface area contributed by atoms with Crippen molar-refractivity contribution in [2.75, 3.05) is 27.2 Å². The van der Waals surface area contributed by atoms with Crippen LogP contribution in [0.1, 0.15) is 12.5 Å². The molecule has 0 saturated heterocycles. The molecule has 17 heavy (non-hydrogen) atoms. The number of nitrogens with zero attached hydrogens (tertiary/aromatic N) is 1. The molecule has 0 spiro atoms. The fraction of sp³-hybridized carbons (Fsp3) is 0.462. The molecule has 0 heterocycles. The highest BCUT2D eigenvalue weighted by molar-refractivity contribution is 5.82. The van der Waals surface area contributed by atoms with Crippen molar-refractivity contribution >= 4 is 5.97 Å². The summed E-state index contributed by atoms with van der Waals surface area (Å²) in [5, 5.41) is 0. The van der Waals surface area contributed by atoms with Crippen molar-refractivity contribution < 1.29 is 9.53 Å². The lowest BCUT2D eigenvalue weighted by Gasteiger charge is -2.31. The van der Waals surface area contributed by atoms with Gasteiger partial charge in [-0.2, -0.15) is 0 Å². The zero-order valence-electron chi connectivity index (χ0n) is 10.6. The first-order chi connectivity index (χ1) is 8.04. The number of carbonyl (C=O) groups excluding carboxylic acids is 1. The van der Waals surface area contributed by atoms with Gasteiger partial charge in [0.15, 0.2) is 5.54 Å². The first-order valence-electron chi connectivity index (χ1n) is 5.66. The van der Waals surface area contributed by atoms with E-state index in [1.807, 2.05) is 49.2 Å². The summed E-state index contributed by atoms with van der Waals surface area (Å²) in [7, 11) is 3.28. The van der Waals surface area contributed by atoms with Gasteiger partial charge in [-0.15, -0.1) is 0 Å². The lowest BCUT2D eigenvalue weighted by molar-refractivity contribution is -0.148. The summed E-state index contributed by atoms with van der Waals surface area (Å²) in [6, 6.07) is 9.32. The standard InChI is InChI=1S/C13H20N2O2/c1-4-15(2)10-13(14,12(16)17-3)11-8-6-5-7-9-11/h5-9H,4,10,14H2,1-3H3. The summed E-state index contributed by atoms with van der Waals surface area (Å²) >= 11 is 0. The van der Waals surface area contributed by atoms with Crippen molar-refractivity contribution in [2.45, 2.75) is 12.5 Å². The number of hydrogen-bond donors (Lipinski definition) is 1. The second kappa shape index (κ2) is 5.80. The van der Waals surface area contributed by atoms with E-state index < -0.39 is 11.5 Å². The van der Waals surface area contributed by atoms with Crippen LogP contribution in [0, 0.1) is 0 Å². The van der Waals surface area contributed by atoms with E-state index in [0.29, 0.717) is 6.54 Å². The number of methoxy groups -OCH3 is 1. The Hall–Kier alpha value is -1.39. The van der Waals surface area contributed by atoms with Crippen molar-refractivity contribution in [1.29, 1.82) is 0 Å². The molecule has 4 heteroatoms. The molecule has 1 unspecified atom stereocenters. The summed E-state index contributed by atoms with van der Waals surface area (Å²) in [5.74, 6) is -0.413. The molecule has 94 valence electrons. The number of ether oxygens (including phenoxy) is 1. The van der Waals surface area contributed by atoms with E-state index in [1.165, 1.54) is 7.11 Å². The van der Waals surface area contributed by atoms with E-state index >= 15 is 0 Å². The van der Waals surface area contributed by atoms with Crippen LogP contribution in [0.5, 0.6) is 0 Å². The number of carbonyl (C=O) groups is 1. The van der Waals surface area contributed by atoms with Crippen LogP contribution in [0.2, 0.25) is 0 Å². The zero-order chi connectivity index (χ0) is 12.9. The molecule has 2 N–H and O–H groups in total. The molecular weight excluding hydrogens is 216 g/mol. The molecule has 1 aromatic rings. The highest BCUT2D eigenvalue weighted by atomic mass is 16.5. The fourth-order valence-electron chi connectivity index (χ4n) is 1.73. The van der Waals surface area contributed by atoms with Crippen LogP contribution in [0.25, 0.3) is 0 Å². The molecule has 0 fully saturated rings. The van der Waals surface area contributed by atoms with E-state index in [0.717, 1.165) is 12.1 Å². The van der Waals surface area contributed by atoms with E-state index in [1.54, 1.807) is 0 Å². The van der Waals surface area contributed by atoms with Crippen LogP contribution >= 0.6 is 0 Å². The molecule has 0 radical (unpaired) electrons. The third-order valence-corrected chi connectivity index (χ3v) is 2.90. The molecule has 0 aliphatic carbocycles. The lowest BCUT2D eigenvalue weighted by Crippen LogP contribution is -2.53. The Bertz CT molecular complexity index is 367. The highest BCUT2D eigenvalue weighted by Crippen LogP contribution is 2.20. The minimum Gasteiger partial charge on any atom is -0.467 e. The van der Waals surface area contributed by atoms with Gasteiger partial charge in [-0.05, 0) is 19.2 Å². The van der Waals surface area contributed by atoms with Gasteiger partial charge in [0, 0.05) is 6.54 Å². The van der Waals surface area contributed by atoms with Gasteiger partial charge in [0.05, 0.1) is 7.11 Å². The monoisotopic (exact) mass is 236 g/mol. The smallest absolute Gasteiger partial charge is 0.331 e. The van der Waals surface area contributed by atoms with E-state index in [-0.39, 0.29) is 0 Å². The second-order valence-electron chi connectivity index (χ2n) is 4.16. The average Bonchev–Trinajstić information content (AvgIpc) is 2.38. The summed E-state index contributed by atoms with van der Waals surface area (Å²) in [5.41, 5.74) is 5.89. The molecule has 0 aromatic heterocycles. The fourth-order valence-corrected chi connectivity index (χ4v) is 1.73. The van der Waals surface area contributed by atoms with Crippen LogP contribution in [-0.4, -0.2) is 38.1 Å². The van der Waals surface area contributed by atoms with Crippen molar-refractivity contribution in [2.24, 2.45) is 5.73 Å². The van der Waals surface area contributed by atoms with Crippen molar-refractivity contribution in [1.82, 2.24) is 4.90 Å². The summed E-state index contributed by atoms with van der Waals surface area (Å²) in [6.07, 6.45) is 0. The lowest BCUT2D eigenvalue weighted by atomic mass is 9.90. The minimum atomic E-state index is -1.11. The predicted molar refractivity (Wildman–Crippen MR) is 67.5 cm³/mol. The highest BCUT2D eigenvalue weighted by Gasteiger charge is 2.37. The molecule has 4 nitrogen and oxygen atoms in total. The normalized spacial score (nSPS) is 14.4. The maximum absolute atomic E-state index is 11.9. The minimum absolute atomic E-state index is 0.413. The van der Waals surface area contributed by atoms with Crippen molar-refractivity contribution in [3.05, 3.63) is 35.9 Å². The average molecular weight is 236 g/mol. The van der Waals surface area contributed by atoms with Gasteiger partial charge >= 0.3 is 5.97 Å². The Morgan fingerprint density at radius 3 is 2.47 bits per heavy atom. The third kappa shape index (κ3) is 3.05. The molecule has 0 bridgehead atoms. The third-order valence-electron chi connectivity index (χ3n) is 2.90.